The fourth-order valence-corrected chi connectivity index (χ4v) is 3.01. The molecule has 102 valence electrons. The van der Waals surface area contributed by atoms with Crippen LogP contribution in [0.25, 0.3) is 22.5 Å². The second-order valence-electron chi connectivity index (χ2n) is 5.53. The SMILES string of the molecule is Cc1ccccc1-c1nc2c(c[n+]1C)-c1cccnc1C2. The molecule has 1 aliphatic rings. The molecule has 0 amide bonds. The third-order valence-electron chi connectivity index (χ3n) is 4.11. The normalized spacial score (nSPS) is 12.1. The lowest BCUT2D eigenvalue weighted by Crippen LogP contribution is -2.32. The molecule has 4 rings (SSSR count). The van der Waals surface area contributed by atoms with E-state index in [1.54, 1.807) is 0 Å². The van der Waals surface area contributed by atoms with Gasteiger partial charge in [0.05, 0.1) is 30.3 Å². The van der Waals surface area contributed by atoms with E-state index in [1.807, 2.05) is 12.3 Å². The Labute approximate surface area is 124 Å². The zero-order chi connectivity index (χ0) is 14.4. The summed E-state index contributed by atoms with van der Waals surface area (Å²) in [5.41, 5.74) is 7.10. The van der Waals surface area contributed by atoms with Crippen LogP contribution in [0.5, 0.6) is 0 Å². The number of hydrogen-bond donors (Lipinski definition) is 0. The molecule has 3 aromatic rings. The lowest BCUT2D eigenvalue weighted by Gasteiger charge is -2.04. The molecular weight excluding hydrogens is 258 g/mol. The van der Waals surface area contributed by atoms with Gasteiger partial charge in [0, 0.05) is 11.8 Å². The Morgan fingerprint density at radius 2 is 1.76 bits per heavy atom. The van der Waals surface area contributed by atoms with Crippen molar-refractivity contribution in [2.45, 2.75) is 13.3 Å². The number of aromatic nitrogens is 3. The van der Waals surface area contributed by atoms with Gasteiger partial charge in [0.25, 0.3) is 0 Å². The summed E-state index contributed by atoms with van der Waals surface area (Å²) in [6.07, 6.45) is 4.86. The van der Waals surface area contributed by atoms with Gasteiger partial charge in [0.1, 0.15) is 6.20 Å². The summed E-state index contributed by atoms with van der Waals surface area (Å²) in [6.45, 7) is 2.13. The van der Waals surface area contributed by atoms with Crippen LogP contribution >= 0.6 is 0 Å². The van der Waals surface area contributed by atoms with E-state index in [1.165, 1.54) is 22.3 Å². The molecule has 0 aliphatic heterocycles. The predicted molar refractivity (Wildman–Crippen MR) is 81.6 cm³/mol. The second kappa shape index (κ2) is 4.48. The molecule has 0 fully saturated rings. The lowest BCUT2D eigenvalue weighted by atomic mass is 10.1. The molecule has 1 aromatic carbocycles. The molecular formula is C18H16N3+. The number of aryl methyl sites for hydroxylation is 2. The topological polar surface area (TPSA) is 29.7 Å². The maximum absolute atomic E-state index is 4.92. The Morgan fingerprint density at radius 3 is 2.62 bits per heavy atom. The Kier molecular flexibility index (Phi) is 2.61. The van der Waals surface area contributed by atoms with Crippen LogP contribution in [0, 0.1) is 6.92 Å². The van der Waals surface area contributed by atoms with Crippen molar-refractivity contribution in [1.82, 2.24) is 9.97 Å². The third kappa shape index (κ3) is 1.85. The van der Waals surface area contributed by atoms with Crippen LogP contribution in [0.1, 0.15) is 17.0 Å². The second-order valence-corrected chi connectivity index (χ2v) is 5.53. The van der Waals surface area contributed by atoms with E-state index in [-0.39, 0.29) is 0 Å². The van der Waals surface area contributed by atoms with Crippen molar-refractivity contribution < 1.29 is 4.57 Å². The molecule has 0 saturated carbocycles. The van der Waals surface area contributed by atoms with Crippen LogP contribution in [0.3, 0.4) is 0 Å². The smallest absolute Gasteiger partial charge is 0.260 e. The molecule has 0 atom stereocenters. The van der Waals surface area contributed by atoms with Crippen molar-refractivity contribution >= 4 is 0 Å². The molecule has 2 heterocycles. The number of hydrogen-bond acceptors (Lipinski definition) is 2. The van der Waals surface area contributed by atoms with Gasteiger partial charge in [-0.15, -0.1) is 0 Å². The van der Waals surface area contributed by atoms with E-state index < -0.39 is 0 Å². The summed E-state index contributed by atoms with van der Waals surface area (Å²) in [5.74, 6) is 1.01. The van der Waals surface area contributed by atoms with Gasteiger partial charge in [-0.1, -0.05) is 24.3 Å². The molecule has 0 radical (unpaired) electrons. The van der Waals surface area contributed by atoms with Crippen LogP contribution < -0.4 is 4.57 Å². The summed E-state index contributed by atoms with van der Waals surface area (Å²) < 4.78 is 2.11. The minimum atomic E-state index is 0.825. The lowest BCUT2D eigenvalue weighted by molar-refractivity contribution is -0.662. The van der Waals surface area contributed by atoms with Crippen molar-refractivity contribution in [3.63, 3.8) is 0 Å². The molecule has 0 saturated heterocycles. The zero-order valence-electron chi connectivity index (χ0n) is 12.2. The summed E-state index contributed by atoms with van der Waals surface area (Å²) in [5, 5.41) is 0. The van der Waals surface area contributed by atoms with Crippen LogP contribution in [0.15, 0.2) is 48.8 Å². The minimum absolute atomic E-state index is 0.825. The quantitative estimate of drug-likeness (QED) is 0.500. The van der Waals surface area contributed by atoms with Crippen molar-refractivity contribution in [3.8, 4) is 22.5 Å². The van der Waals surface area contributed by atoms with E-state index in [0.29, 0.717) is 0 Å². The molecule has 0 N–H and O–H groups in total. The maximum Gasteiger partial charge on any atom is 0.330 e. The number of fused-ring (bicyclic) bond motifs is 3. The highest BCUT2D eigenvalue weighted by molar-refractivity contribution is 5.73. The highest BCUT2D eigenvalue weighted by atomic mass is 15.0. The monoisotopic (exact) mass is 274 g/mol. The van der Waals surface area contributed by atoms with Crippen LogP contribution in [0.2, 0.25) is 0 Å². The molecule has 0 spiro atoms. The number of pyridine rings is 1. The molecule has 3 heteroatoms. The van der Waals surface area contributed by atoms with Gasteiger partial charge in [-0.3, -0.25) is 4.98 Å². The first-order valence-electron chi connectivity index (χ1n) is 7.14. The summed E-state index contributed by atoms with van der Waals surface area (Å²) in [7, 11) is 2.06. The van der Waals surface area contributed by atoms with Gasteiger partial charge in [-0.25, -0.2) is 4.57 Å². The standard InChI is InChI=1S/C18H16N3/c1-12-6-3-4-7-13(12)18-20-17-10-16-14(8-5-9-19-16)15(17)11-21(18)2/h3-9,11H,10H2,1-2H3/q+1. The van der Waals surface area contributed by atoms with Crippen LogP contribution in [-0.4, -0.2) is 9.97 Å². The Bertz CT molecular complexity index is 853. The molecule has 0 bridgehead atoms. The van der Waals surface area contributed by atoms with Gasteiger partial charge >= 0.3 is 5.82 Å². The first-order chi connectivity index (χ1) is 10.2. The summed E-state index contributed by atoms with van der Waals surface area (Å²) in [6, 6.07) is 12.5. The first kappa shape index (κ1) is 12.2. The molecule has 1 aliphatic carbocycles. The average molecular weight is 274 g/mol. The average Bonchev–Trinajstić information content (AvgIpc) is 2.85. The fourth-order valence-electron chi connectivity index (χ4n) is 3.01. The van der Waals surface area contributed by atoms with Crippen LogP contribution in [-0.2, 0) is 13.5 Å². The van der Waals surface area contributed by atoms with Gasteiger partial charge in [-0.2, -0.15) is 0 Å². The largest absolute Gasteiger partial charge is 0.330 e. The molecule has 2 aromatic heterocycles. The van der Waals surface area contributed by atoms with Gasteiger partial charge in [-0.05, 0) is 29.6 Å². The summed E-state index contributed by atoms with van der Waals surface area (Å²) >= 11 is 0. The van der Waals surface area contributed by atoms with Crippen LogP contribution in [0.4, 0.5) is 0 Å². The summed E-state index contributed by atoms with van der Waals surface area (Å²) in [4.78, 5) is 9.40. The molecule has 3 nitrogen and oxygen atoms in total. The third-order valence-corrected chi connectivity index (χ3v) is 4.11. The predicted octanol–water partition coefficient (Wildman–Crippen LogP) is 2.85. The highest BCUT2D eigenvalue weighted by Gasteiger charge is 2.28. The highest BCUT2D eigenvalue weighted by Crippen LogP contribution is 2.34. The first-order valence-corrected chi connectivity index (χ1v) is 7.14. The number of benzene rings is 1. The van der Waals surface area contributed by atoms with E-state index in [4.69, 9.17) is 4.98 Å². The Balaban J connectivity index is 1.92. The fraction of sp³-hybridized carbons (Fsp3) is 0.167. The molecule has 21 heavy (non-hydrogen) atoms. The Morgan fingerprint density at radius 1 is 0.952 bits per heavy atom. The molecule has 0 unspecified atom stereocenters. The van der Waals surface area contributed by atoms with Crippen molar-refractivity contribution in [3.05, 3.63) is 65.7 Å². The number of rotatable bonds is 1. The minimum Gasteiger partial charge on any atom is -0.260 e. The van der Waals surface area contributed by atoms with E-state index in [0.717, 1.165) is 23.6 Å². The maximum atomic E-state index is 4.92. The van der Waals surface area contributed by atoms with E-state index in [9.17, 15) is 0 Å². The zero-order valence-corrected chi connectivity index (χ0v) is 12.2. The van der Waals surface area contributed by atoms with Gasteiger partial charge in [0.15, 0.2) is 5.69 Å². The van der Waals surface area contributed by atoms with Crippen molar-refractivity contribution in [2.75, 3.05) is 0 Å². The van der Waals surface area contributed by atoms with Crippen molar-refractivity contribution in [1.29, 1.82) is 0 Å². The Hall–Kier alpha value is -2.55. The number of nitrogens with zero attached hydrogens (tertiary/aromatic N) is 3. The van der Waals surface area contributed by atoms with Gasteiger partial charge in [0.2, 0.25) is 0 Å². The van der Waals surface area contributed by atoms with E-state index in [2.05, 4.69) is 60.1 Å². The van der Waals surface area contributed by atoms with Crippen molar-refractivity contribution in [2.24, 2.45) is 7.05 Å². The van der Waals surface area contributed by atoms with E-state index >= 15 is 0 Å². The van der Waals surface area contributed by atoms with Gasteiger partial charge < -0.3 is 0 Å².